The Labute approximate surface area is 99.3 Å². The van der Waals surface area contributed by atoms with E-state index < -0.39 is 21.2 Å². The minimum Gasteiger partial charge on any atom is -0.387 e. The highest BCUT2D eigenvalue weighted by Gasteiger charge is 2.38. The van der Waals surface area contributed by atoms with Gasteiger partial charge >= 0.3 is 0 Å². The van der Waals surface area contributed by atoms with Gasteiger partial charge in [0.25, 0.3) is 0 Å². The Hall–Kier alpha value is -1.43. The van der Waals surface area contributed by atoms with Gasteiger partial charge in [-0.15, -0.1) is 0 Å². The molecule has 0 fully saturated rings. The zero-order chi connectivity index (χ0) is 12.7. The topological polar surface area (TPSA) is 72.5 Å². The summed E-state index contributed by atoms with van der Waals surface area (Å²) in [5, 5.41) is 0. The second kappa shape index (κ2) is 3.80. The van der Waals surface area contributed by atoms with Crippen molar-refractivity contribution in [3.63, 3.8) is 0 Å². The number of hydrogen-bond donors (Lipinski definition) is 1. The average Bonchev–Trinajstić information content (AvgIpc) is 2.13. The third-order valence-electron chi connectivity index (χ3n) is 2.71. The molecule has 0 saturated carbocycles. The number of halogens is 1. The van der Waals surface area contributed by atoms with E-state index in [4.69, 9.17) is 5.73 Å². The van der Waals surface area contributed by atoms with E-state index in [-0.39, 0.29) is 22.9 Å². The first-order chi connectivity index (χ1) is 7.82. The van der Waals surface area contributed by atoms with Crippen molar-refractivity contribution in [3.05, 3.63) is 35.6 Å². The summed E-state index contributed by atoms with van der Waals surface area (Å²) in [6.07, 6.45) is 0. The minimum atomic E-state index is -3.33. The van der Waals surface area contributed by atoms with E-state index in [9.17, 15) is 12.8 Å². The number of nitrogens with two attached hydrogens (primary N) is 1. The molecule has 92 valence electrons. The summed E-state index contributed by atoms with van der Waals surface area (Å²) in [4.78, 5) is 4.12. The fourth-order valence-corrected chi connectivity index (χ4v) is 3.82. The smallest absolute Gasteiger partial charge is 0.160 e. The number of nitrogens with zero attached hydrogens (tertiary/aromatic N) is 1. The molecule has 0 saturated heterocycles. The van der Waals surface area contributed by atoms with E-state index in [0.717, 1.165) is 0 Å². The number of hydrogen-bond acceptors (Lipinski definition) is 4. The van der Waals surface area contributed by atoms with Crippen LogP contribution in [-0.2, 0) is 15.4 Å². The molecule has 0 bridgehead atoms. The second-order valence-corrected chi connectivity index (χ2v) is 6.45. The van der Waals surface area contributed by atoms with E-state index >= 15 is 0 Å². The Balaban J connectivity index is 2.58. The summed E-state index contributed by atoms with van der Waals surface area (Å²) in [7, 11) is -3.33. The van der Waals surface area contributed by atoms with Crippen LogP contribution in [-0.4, -0.2) is 25.8 Å². The van der Waals surface area contributed by atoms with Gasteiger partial charge in [-0.1, -0.05) is 18.2 Å². The lowest BCUT2D eigenvalue weighted by molar-refractivity contribution is 0.490. The van der Waals surface area contributed by atoms with Crippen molar-refractivity contribution >= 4 is 15.7 Å². The first-order valence-corrected chi connectivity index (χ1v) is 6.94. The molecule has 1 aromatic carbocycles. The number of amidine groups is 1. The third-order valence-corrected chi connectivity index (χ3v) is 4.45. The fourth-order valence-electron chi connectivity index (χ4n) is 2.12. The van der Waals surface area contributed by atoms with Crippen LogP contribution in [0.5, 0.6) is 0 Å². The van der Waals surface area contributed by atoms with Crippen molar-refractivity contribution < 1.29 is 12.8 Å². The minimum absolute atomic E-state index is 0.0296. The maximum absolute atomic E-state index is 13.7. The number of aliphatic imine (C=N–C) groups is 1. The first-order valence-electron chi connectivity index (χ1n) is 5.12. The Kier molecular flexibility index (Phi) is 2.69. The quantitative estimate of drug-likeness (QED) is 0.808. The van der Waals surface area contributed by atoms with Gasteiger partial charge in [-0.3, -0.25) is 4.99 Å². The lowest BCUT2D eigenvalue weighted by Gasteiger charge is -2.30. The van der Waals surface area contributed by atoms with Crippen molar-refractivity contribution in [1.82, 2.24) is 0 Å². The molecule has 17 heavy (non-hydrogen) atoms. The van der Waals surface area contributed by atoms with Crippen molar-refractivity contribution in [2.24, 2.45) is 10.7 Å². The molecule has 1 atom stereocenters. The molecular formula is C11H13FN2O2S. The number of benzene rings is 1. The van der Waals surface area contributed by atoms with E-state index in [0.29, 0.717) is 0 Å². The van der Waals surface area contributed by atoms with E-state index in [1.165, 1.54) is 12.1 Å². The Bertz CT molecular complexity index is 583. The average molecular weight is 256 g/mol. The van der Waals surface area contributed by atoms with Crippen LogP contribution in [0.3, 0.4) is 0 Å². The van der Waals surface area contributed by atoms with Crippen LogP contribution in [0.2, 0.25) is 0 Å². The van der Waals surface area contributed by atoms with Crippen LogP contribution < -0.4 is 5.73 Å². The first kappa shape index (κ1) is 12.0. The van der Waals surface area contributed by atoms with Gasteiger partial charge in [-0.25, -0.2) is 12.8 Å². The second-order valence-electron chi connectivity index (χ2n) is 4.39. The van der Waals surface area contributed by atoms with Gasteiger partial charge < -0.3 is 5.73 Å². The Morgan fingerprint density at radius 2 is 2.06 bits per heavy atom. The summed E-state index contributed by atoms with van der Waals surface area (Å²) >= 11 is 0. The Morgan fingerprint density at radius 3 is 2.65 bits per heavy atom. The van der Waals surface area contributed by atoms with Gasteiger partial charge in [0.05, 0.1) is 5.75 Å². The van der Waals surface area contributed by atoms with Gasteiger partial charge in [-0.2, -0.15) is 0 Å². The maximum Gasteiger partial charge on any atom is 0.160 e. The van der Waals surface area contributed by atoms with Crippen molar-refractivity contribution in [2.75, 3.05) is 11.5 Å². The van der Waals surface area contributed by atoms with Crippen molar-refractivity contribution in [2.45, 2.75) is 12.5 Å². The SMILES string of the molecule is C[C@@]1(c2ccccc2F)CS(=O)(=O)CC(N)=N1. The maximum atomic E-state index is 13.7. The van der Waals surface area contributed by atoms with Gasteiger partial charge in [0.2, 0.25) is 0 Å². The zero-order valence-corrected chi connectivity index (χ0v) is 10.2. The molecular weight excluding hydrogens is 243 g/mol. The fraction of sp³-hybridized carbons (Fsp3) is 0.364. The summed E-state index contributed by atoms with van der Waals surface area (Å²) in [5.74, 6) is -0.913. The monoisotopic (exact) mass is 256 g/mol. The van der Waals surface area contributed by atoms with Crippen LogP contribution in [0, 0.1) is 5.82 Å². The largest absolute Gasteiger partial charge is 0.387 e. The summed E-state index contributed by atoms with van der Waals surface area (Å²) in [5.41, 5.74) is 4.65. The van der Waals surface area contributed by atoms with Gasteiger partial charge in [0.15, 0.2) is 9.84 Å². The van der Waals surface area contributed by atoms with Gasteiger partial charge in [0.1, 0.15) is 22.9 Å². The predicted molar refractivity (Wildman–Crippen MR) is 64.0 cm³/mol. The lowest BCUT2D eigenvalue weighted by Crippen LogP contribution is -2.42. The van der Waals surface area contributed by atoms with E-state index in [1.807, 2.05) is 0 Å². The van der Waals surface area contributed by atoms with E-state index in [2.05, 4.69) is 4.99 Å². The standard InChI is InChI=1S/C11H13FN2O2S/c1-11(8-4-2-3-5-9(8)12)7-17(15,16)6-10(13)14-11/h2-5H,6-7H2,1H3,(H2,13,14)/t11-/m0/s1. The summed E-state index contributed by atoms with van der Waals surface area (Å²) < 4.78 is 37.0. The third kappa shape index (κ3) is 2.31. The molecule has 2 N–H and O–H groups in total. The number of sulfone groups is 1. The molecule has 4 nitrogen and oxygen atoms in total. The zero-order valence-electron chi connectivity index (χ0n) is 9.35. The van der Waals surface area contributed by atoms with Crippen molar-refractivity contribution in [1.29, 1.82) is 0 Å². The highest BCUT2D eigenvalue weighted by atomic mass is 32.2. The van der Waals surface area contributed by atoms with E-state index in [1.54, 1.807) is 19.1 Å². The highest BCUT2D eigenvalue weighted by molar-refractivity contribution is 7.92. The highest BCUT2D eigenvalue weighted by Crippen LogP contribution is 2.31. The molecule has 0 unspecified atom stereocenters. The van der Waals surface area contributed by atoms with Crippen LogP contribution in [0.1, 0.15) is 12.5 Å². The molecule has 0 spiro atoms. The molecule has 0 aromatic heterocycles. The lowest BCUT2D eigenvalue weighted by atomic mass is 9.94. The predicted octanol–water partition coefficient (Wildman–Crippen LogP) is 0.827. The molecule has 1 aliphatic heterocycles. The van der Waals surface area contributed by atoms with Crippen LogP contribution >= 0.6 is 0 Å². The van der Waals surface area contributed by atoms with Crippen molar-refractivity contribution in [3.8, 4) is 0 Å². The Morgan fingerprint density at radius 1 is 1.41 bits per heavy atom. The molecule has 6 heteroatoms. The summed E-state index contributed by atoms with van der Waals surface area (Å²) in [6, 6.07) is 6.02. The normalized spacial score (nSPS) is 27.5. The van der Waals surface area contributed by atoms with Crippen LogP contribution in [0.4, 0.5) is 4.39 Å². The molecule has 1 aliphatic rings. The summed E-state index contributed by atoms with van der Waals surface area (Å²) in [6.45, 7) is 1.58. The molecule has 0 radical (unpaired) electrons. The molecule has 1 aromatic rings. The van der Waals surface area contributed by atoms with Gasteiger partial charge in [0, 0.05) is 5.56 Å². The molecule has 0 aliphatic carbocycles. The molecule has 2 rings (SSSR count). The van der Waals surface area contributed by atoms with Gasteiger partial charge in [-0.05, 0) is 13.0 Å². The van der Waals surface area contributed by atoms with Crippen LogP contribution in [0.25, 0.3) is 0 Å². The molecule has 1 heterocycles. The number of rotatable bonds is 1. The van der Waals surface area contributed by atoms with Crippen LogP contribution in [0.15, 0.2) is 29.3 Å². The molecule has 0 amide bonds.